The Morgan fingerprint density at radius 1 is 1.30 bits per heavy atom. The molecule has 0 spiro atoms. The Hall–Kier alpha value is -1.74. The van der Waals surface area contributed by atoms with Crippen molar-refractivity contribution in [3.8, 4) is 0 Å². The van der Waals surface area contributed by atoms with Crippen LogP contribution >= 0.6 is 0 Å². The number of amides is 1. The van der Waals surface area contributed by atoms with Crippen molar-refractivity contribution in [3.05, 3.63) is 23.8 Å². The fraction of sp³-hybridized carbons (Fsp3) is 0.364. The molecule has 1 aromatic rings. The van der Waals surface area contributed by atoms with Crippen LogP contribution in [0.15, 0.2) is 17.0 Å². The minimum absolute atomic E-state index is 0.0147. The maximum Gasteiger partial charge on any atom is 0.248 e. The summed E-state index contributed by atoms with van der Waals surface area (Å²) >= 11 is 0. The normalized spacial score (nSPS) is 20.2. The molecule has 9 heteroatoms. The third-order valence-corrected chi connectivity index (χ3v) is 5.09. The molecule has 0 saturated carbocycles. The molecular formula is C11H13F2N3O3S. The highest BCUT2D eigenvalue weighted by Gasteiger charge is 2.37. The number of benzene rings is 1. The van der Waals surface area contributed by atoms with Crippen molar-refractivity contribution in [1.82, 2.24) is 4.31 Å². The van der Waals surface area contributed by atoms with E-state index in [9.17, 15) is 22.0 Å². The van der Waals surface area contributed by atoms with E-state index in [4.69, 9.17) is 11.5 Å². The van der Waals surface area contributed by atoms with Gasteiger partial charge in [0.05, 0.1) is 5.92 Å². The topological polar surface area (TPSA) is 106 Å². The molecular weight excluding hydrogens is 292 g/mol. The van der Waals surface area contributed by atoms with Crippen LogP contribution < -0.4 is 11.5 Å². The van der Waals surface area contributed by atoms with Gasteiger partial charge in [0, 0.05) is 18.8 Å². The Morgan fingerprint density at radius 2 is 1.85 bits per heavy atom. The highest BCUT2D eigenvalue weighted by molar-refractivity contribution is 7.89. The third-order valence-electron chi connectivity index (χ3n) is 3.17. The first-order valence-corrected chi connectivity index (χ1v) is 7.21. The number of nitrogens with two attached hydrogens (primary N) is 2. The number of anilines is 1. The monoisotopic (exact) mass is 305 g/mol. The third kappa shape index (κ3) is 2.46. The maximum atomic E-state index is 13.7. The van der Waals surface area contributed by atoms with Crippen LogP contribution in [0.2, 0.25) is 0 Å². The number of sulfonamides is 1. The first kappa shape index (κ1) is 14.7. The first-order valence-electron chi connectivity index (χ1n) is 5.77. The van der Waals surface area contributed by atoms with Crippen LogP contribution in [0.1, 0.15) is 6.42 Å². The van der Waals surface area contributed by atoms with Gasteiger partial charge in [-0.25, -0.2) is 17.2 Å². The average Bonchev–Trinajstić information content (AvgIpc) is 2.76. The largest absolute Gasteiger partial charge is 0.399 e. The van der Waals surface area contributed by atoms with Crippen LogP contribution in [0.25, 0.3) is 0 Å². The molecule has 0 aliphatic carbocycles. The molecule has 1 aromatic carbocycles. The number of carbonyl (C=O) groups is 1. The molecule has 0 bridgehead atoms. The number of nitrogens with zero attached hydrogens (tertiary/aromatic N) is 1. The Morgan fingerprint density at radius 3 is 2.30 bits per heavy atom. The van der Waals surface area contributed by atoms with Gasteiger partial charge in [-0.1, -0.05) is 0 Å². The smallest absolute Gasteiger partial charge is 0.248 e. The fourth-order valence-electron chi connectivity index (χ4n) is 2.13. The van der Waals surface area contributed by atoms with Gasteiger partial charge in [0.15, 0.2) is 4.90 Å². The molecule has 20 heavy (non-hydrogen) atoms. The van der Waals surface area contributed by atoms with Crippen molar-refractivity contribution in [1.29, 1.82) is 0 Å². The van der Waals surface area contributed by atoms with Crippen LogP contribution in [0.4, 0.5) is 14.5 Å². The molecule has 1 heterocycles. The summed E-state index contributed by atoms with van der Waals surface area (Å²) in [6.45, 7) is -0.194. The SMILES string of the molecule is NC(=O)C1CCN(S(=O)(=O)c2c(F)cc(N)cc2F)C1. The number of nitrogen functional groups attached to an aromatic ring is 1. The van der Waals surface area contributed by atoms with Crippen LogP contribution in [0, 0.1) is 17.6 Å². The Kier molecular flexibility index (Phi) is 3.65. The van der Waals surface area contributed by atoms with Crippen molar-refractivity contribution in [2.24, 2.45) is 11.7 Å². The molecule has 0 aromatic heterocycles. The summed E-state index contributed by atoms with van der Waals surface area (Å²) < 4.78 is 52.7. The molecule has 1 amide bonds. The summed E-state index contributed by atoms with van der Waals surface area (Å²) in [4.78, 5) is 9.97. The molecule has 0 radical (unpaired) electrons. The molecule has 110 valence electrons. The summed E-state index contributed by atoms with van der Waals surface area (Å²) in [5, 5.41) is 0. The highest BCUT2D eigenvalue weighted by Crippen LogP contribution is 2.28. The van der Waals surface area contributed by atoms with Gasteiger partial charge in [-0.05, 0) is 18.6 Å². The zero-order chi connectivity index (χ0) is 15.1. The molecule has 1 atom stereocenters. The van der Waals surface area contributed by atoms with E-state index in [0.29, 0.717) is 0 Å². The van der Waals surface area contributed by atoms with Gasteiger partial charge in [0.2, 0.25) is 15.9 Å². The van der Waals surface area contributed by atoms with Crippen molar-refractivity contribution in [2.75, 3.05) is 18.8 Å². The summed E-state index contributed by atoms with van der Waals surface area (Å²) in [5.74, 6) is -3.80. The van der Waals surface area contributed by atoms with Crippen LogP contribution in [-0.4, -0.2) is 31.7 Å². The van der Waals surface area contributed by atoms with E-state index in [1.54, 1.807) is 0 Å². The highest BCUT2D eigenvalue weighted by atomic mass is 32.2. The number of hydrogen-bond acceptors (Lipinski definition) is 4. The maximum absolute atomic E-state index is 13.7. The van der Waals surface area contributed by atoms with Gasteiger partial charge in [-0.2, -0.15) is 4.31 Å². The molecule has 2 rings (SSSR count). The number of halogens is 2. The number of hydrogen-bond donors (Lipinski definition) is 2. The number of primary amides is 1. The summed E-state index contributed by atoms with van der Waals surface area (Å²) in [6.07, 6.45) is 0.229. The molecule has 1 saturated heterocycles. The predicted molar refractivity (Wildman–Crippen MR) is 66.8 cm³/mol. The van der Waals surface area contributed by atoms with E-state index in [0.717, 1.165) is 16.4 Å². The van der Waals surface area contributed by atoms with E-state index >= 15 is 0 Å². The van der Waals surface area contributed by atoms with Crippen molar-refractivity contribution in [3.63, 3.8) is 0 Å². The minimum Gasteiger partial charge on any atom is -0.399 e. The summed E-state index contributed by atoms with van der Waals surface area (Å²) in [5.41, 5.74) is 10.1. The summed E-state index contributed by atoms with van der Waals surface area (Å²) in [7, 11) is -4.36. The van der Waals surface area contributed by atoms with E-state index in [1.165, 1.54) is 0 Å². The Bertz CT molecular complexity index is 640. The minimum atomic E-state index is -4.36. The second kappa shape index (κ2) is 4.98. The lowest BCUT2D eigenvalue weighted by Crippen LogP contribution is -2.32. The first-order chi connectivity index (χ1) is 9.23. The van der Waals surface area contributed by atoms with Gasteiger partial charge in [0.1, 0.15) is 11.6 Å². The lowest BCUT2D eigenvalue weighted by molar-refractivity contribution is -0.121. The Labute approximate surface area is 114 Å². The van der Waals surface area contributed by atoms with Crippen LogP contribution in [0.3, 0.4) is 0 Å². The molecule has 1 aliphatic heterocycles. The average molecular weight is 305 g/mol. The van der Waals surface area contributed by atoms with Crippen molar-refractivity contribution in [2.45, 2.75) is 11.3 Å². The van der Waals surface area contributed by atoms with Crippen molar-refractivity contribution < 1.29 is 22.0 Å². The van der Waals surface area contributed by atoms with Gasteiger partial charge < -0.3 is 11.5 Å². The number of rotatable bonds is 3. The van der Waals surface area contributed by atoms with E-state index in [1.807, 2.05) is 0 Å². The Balaban J connectivity index is 2.40. The fourth-order valence-corrected chi connectivity index (χ4v) is 3.72. The molecule has 6 nitrogen and oxygen atoms in total. The van der Waals surface area contributed by atoms with Crippen LogP contribution in [0.5, 0.6) is 0 Å². The quantitative estimate of drug-likeness (QED) is 0.769. The zero-order valence-electron chi connectivity index (χ0n) is 10.3. The zero-order valence-corrected chi connectivity index (χ0v) is 11.2. The number of carbonyl (C=O) groups excluding carboxylic acids is 1. The van der Waals surface area contributed by atoms with Gasteiger partial charge in [-0.3, -0.25) is 4.79 Å². The van der Waals surface area contributed by atoms with E-state index in [-0.39, 0.29) is 25.2 Å². The van der Waals surface area contributed by atoms with Gasteiger partial charge in [-0.15, -0.1) is 0 Å². The predicted octanol–water partition coefficient (Wildman–Crippen LogP) is 0.0429. The molecule has 4 N–H and O–H groups in total. The van der Waals surface area contributed by atoms with E-state index < -0.39 is 38.4 Å². The molecule has 1 fully saturated rings. The van der Waals surface area contributed by atoms with Crippen molar-refractivity contribution >= 4 is 21.6 Å². The summed E-state index contributed by atoms with van der Waals surface area (Å²) in [6, 6.07) is 1.47. The second-order valence-electron chi connectivity index (χ2n) is 4.56. The lowest BCUT2D eigenvalue weighted by atomic mass is 10.1. The standard InChI is InChI=1S/C11H13F2N3O3S/c12-8-3-7(14)4-9(13)10(8)20(18,19)16-2-1-6(5-16)11(15)17/h3-4,6H,1-2,5,14H2,(H2,15,17). The van der Waals surface area contributed by atoms with Gasteiger partial charge in [0.25, 0.3) is 0 Å². The second-order valence-corrected chi connectivity index (χ2v) is 6.44. The molecule has 1 unspecified atom stereocenters. The van der Waals surface area contributed by atoms with Crippen LogP contribution in [-0.2, 0) is 14.8 Å². The van der Waals surface area contributed by atoms with Gasteiger partial charge >= 0.3 is 0 Å². The lowest BCUT2D eigenvalue weighted by Gasteiger charge is -2.17. The molecule has 1 aliphatic rings. The van der Waals surface area contributed by atoms with E-state index in [2.05, 4.69) is 0 Å².